The number of alkyl halides is 4. The molecule has 1 saturated heterocycles. The third-order valence-electron chi connectivity index (χ3n) is 2.99. The van der Waals surface area contributed by atoms with Gasteiger partial charge in [0.25, 0.3) is 0 Å². The summed E-state index contributed by atoms with van der Waals surface area (Å²) in [4.78, 5) is 0. The van der Waals surface area contributed by atoms with Gasteiger partial charge in [-0.25, -0.2) is 0 Å². The molecular formula is C11H18BrF3O2. The molecule has 1 heterocycles. The minimum atomic E-state index is -4.07. The summed E-state index contributed by atoms with van der Waals surface area (Å²) in [6.45, 7) is 2.10. The van der Waals surface area contributed by atoms with Gasteiger partial charge in [-0.3, -0.25) is 0 Å². The largest absolute Gasteiger partial charge is 0.389 e. The molecule has 17 heavy (non-hydrogen) atoms. The molecule has 0 aromatic carbocycles. The average molecular weight is 319 g/mol. The molecule has 0 aliphatic carbocycles. The highest BCUT2D eigenvalue weighted by molar-refractivity contribution is 9.09. The number of ether oxygens (including phenoxy) is 2. The predicted octanol–water partition coefficient (Wildman–Crippen LogP) is 3.54. The minimum absolute atomic E-state index is 0.0382. The van der Waals surface area contributed by atoms with E-state index in [4.69, 9.17) is 9.47 Å². The van der Waals surface area contributed by atoms with E-state index in [-0.39, 0.29) is 18.4 Å². The molecule has 0 amide bonds. The van der Waals surface area contributed by atoms with Crippen LogP contribution in [0.25, 0.3) is 0 Å². The van der Waals surface area contributed by atoms with Crippen LogP contribution in [0.2, 0.25) is 0 Å². The fraction of sp³-hybridized carbons (Fsp3) is 1.00. The van der Waals surface area contributed by atoms with Gasteiger partial charge in [-0.2, -0.15) is 13.2 Å². The second-order valence-corrected chi connectivity index (χ2v) is 5.08. The van der Waals surface area contributed by atoms with E-state index in [1.165, 1.54) is 0 Å². The molecule has 2 nitrogen and oxygen atoms in total. The second kappa shape index (κ2) is 6.95. The Labute approximate surface area is 108 Å². The van der Waals surface area contributed by atoms with Crippen LogP contribution in [0.3, 0.4) is 0 Å². The topological polar surface area (TPSA) is 18.5 Å². The van der Waals surface area contributed by atoms with Crippen molar-refractivity contribution in [2.45, 2.75) is 31.9 Å². The number of halogens is 4. The van der Waals surface area contributed by atoms with Crippen LogP contribution in [0.5, 0.6) is 0 Å². The lowest BCUT2D eigenvalue weighted by Crippen LogP contribution is -2.35. The summed E-state index contributed by atoms with van der Waals surface area (Å²) in [5, 5.41) is 0.808. The molecule has 0 aromatic rings. The molecule has 0 radical (unpaired) electrons. The summed E-state index contributed by atoms with van der Waals surface area (Å²) in [7, 11) is 0. The Bertz CT molecular complexity index is 215. The van der Waals surface area contributed by atoms with Crippen molar-refractivity contribution in [2.75, 3.05) is 31.8 Å². The van der Waals surface area contributed by atoms with Crippen molar-refractivity contribution in [3.05, 3.63) is 0 Å². The molecule has 0 unspecified atom stereocenters. The van der Waals surface area contributed by atoms with Crippen molar-refractivity contribution in [2.24, 2.45) is 5.41 Å². The molecule has 0 atom stereocenters. The molecule has 1 aliphatic heterocycles. The zero-order chi connectivity index (χ0) is 12.8. The predicted molar refractivity (Wildman–Crippen MR) is 62.4 cm³/mol. The summed E-state index contributed by atoms with van der Waals surface area (Å²) in [6.07, 6.45) is -3.00. The van der Waals surface area contributed by atoms with Gasteiger partial charge in [0.05, 0.1) is 6.61 Å². The monoisotopic (exact) mass is 318 g/mol. The highest BCUT2D eigenvalue weighted by atomic mass is 79.9. The third kappa shape index (κ3) is 6.06. The van der Waals surface area contributed by atoms with Crippen molar-refractivity contribution >= 4 is 15.9 Å². The zero-order valence-electron chi connectivity index (χ0n) is 9.69. The normalized spacial score (nSPS) is 20.5. The Morgan fingerprint density at radius 3 is 2.41 bits per heavy atom. The molecule has 0 spiro atoms. The smallest absolute Gasteiger partial charge is 0.381 e. The van der Waals surface area contributed by atoms with Crippen LogP contribution in [-0.2, 0) is 9.47 Å². The average Bonchev–Trinajstić information content (AvgIpc) is 2.28. The van der Waals surface area contributed by atoms with Crippen molar-refractivity contribution in [3.63, 3.8) is 0 Å². The Kier molecular flexibility index (Phi) is 6.23. The van der Waals surface area contributed by atoms with Crippen LogP contribution in [-0.4, -0.2) is 37.9 Å². The molecule has 0 bridgehead atoms. The minimum Gasteiger partial charge on any atom is -0.381 e. The first kappa shape index (κ1) is 15.2. The second-order valence-electron chi connectivity index (χ2n) is 4.52. The maximum absolute atomic E-state index is 11.9. The van der Waals surface area contributed by atoms with Crippen LogP contribution in [0, 0.1) is 5.41 Å². The Morgan fingerprint density at radius 2 is 1.88 bits per heavy atom. The number of rotatable bonds is 6. The first-order chi connectivity index (χ1) is 7.97. The lowest BCUT2D eigenvalue weighted by Gasteiger charge is -2.35. The van der Waals surface area contributed by atoms with E-state index < -0.39 is 12.6 Å². The number of hydrogen-bond donors (Lipinski definition) is 0. The first-order valence-electron chi connectivity index (χ1n) is 5.76. The number of hydrogen-bond acceptors (Lipinski definition) is 2. The molecule has 0 aromatic heterocycles. The van der Waals surface area contributed by atoms with Crippen molar-refractivity contribution in [3.8, 4) is 0 Å². The van der Waals surface area contributed by atoms with Crippen LogP contribution in [0.15, 0.2) is 0 Å². The maximum atomic E-state index is 11.9. The summed E-state index contributed by atoms with van der Waals surface area (Å²) in [6, 6.07) is 0. The van der Waals surface area contributed by atoms with Crippen LogP contribution in [0.4, 0.5) is 13.2 Å². The first-order valence-corrected chi connectivity index (χ1v) is 6.88. The Hall–Kier alpha value is 0.190. The lowest BCUT2D eigenvalue weighted by atomic mass is 9.83. The fourth-order valence-electron chi connectivity index (χ4n) is 1.78. The van der Waals surface area contributed by atoms with Gasteiger partial charge >= 0.3 is 6.18 Å². The molecular weight excluding hydrogens is 301 g/mol. The van der Waals surface area contributed by atoms with E-state index in [0.29, 0.717) is 19.8 Å². The van der Waals surface area contributed by atoms with Crippen LogP contribution >= 0.6 is 15.9 Å². The zero-order valence-corrected chi connectivity index (χ0v) is 11.3. The van der Waals surface area contributed by atoms with E-state index in [1.807, 2.05) is 0 Å². The van der Waals surface area contributed by atoms with Crippen LogP contribution < -0.4 is 0 Å². The Balaban J connectivity index is 2.15. The van der Waals surface area contributed by atoms with E-state index in [1.54, 1.807) is 0 Å². The Morgan fingerprint density at radius 1 is 1.24 bits per heavy atom. The summed E-state index contributed by atoms with van der Waals surface area (Å²) < 4.78 is 46.3. The third-order valence-corrected chi connectivity index (χ3v) is 4.18. The summed E-state index contributed by atoms with van der Waals surface area (Å²) in [5.74, 6) is 0. The molecule has 6 heteroatoms. The van der Waals surface area contributed by atoms with E-state index >= 15 is 0 Å². The van der Waals surface area contributed by atoms with Gasteiger partial charge in [-0.15, -0.1) is 0 Å². The molecule has 0 saturated carbocycles. The van der Waals surface area contributed by atoms with Gasteiger partial charge in [0.15, 0.2) is 0 Å². The highest BCUT2D eigenvalue weighted by Crippen LogP contribution is 2.33. The molecule has 1 fully saturated rings. The molecule has 102 valence electrons. The lowest BCUT2D eigenvalue weighted by molar-refractivity contribution is -0.138. The van der Waals surface area contributed by atoms with E-state index in [9.17, 15) is 13.2 Å². The highest BCUT2D eigenvalue weighted by Gasteiger charge is 2.32. The summed E-state index contributed by atoms with van der Waals surface area (Å²) >= 11 is 3.45. The van der Waals surface area contributed by atoms with Gasteiger partial charge in [0, 0.05) is 37.0 Å². The van der Waals surface area contributed by atoms with E-state index in [0.717, 1.165) is 18.2 Å². The van der Waals surface area contributed by atoms with Gasteiger partial charge < -0.3 is 9.47 Å². The molecule has 1 aliphatic rings. The molecule has 1 rings (SSSR count). The van der Waals surface area contributed by atoms with Crippen molar-refractivity contribution in [1.29, 1.82) is 0 Å². The quantitative estimate of drug-likeness (QED) is 0.551. The van der Waals surface area contributed by atoms with E-state index in [2.05, 4.69) is 15.9 Å². The van der Waals surface area contributed by atoms with Gasteiger partial charge in [0.1, 0.15) is 0 Å². The fourth-order valence-corrected chi connectivity index (χ4v) is 2.51. The standard InChI is InChI=1S/C11H18BrF3O2/c12-8-10(3-6-16-7-4-10)9-17-5-1-2-11(13,14)15/h1-9H2. The maximum Gasteiger partial charge on any atom is 0.389 e. The van der Waals surface area contributed by atoms with Crippen molar-refractivity contribution < 1.29 is 22.6 Å². The summed E-state index contributed by atoms with van der Waals surface area (Å²) in [5.41, 5.74) is 0.0382. The molecule has 0 N–H and O–H groups in total. The SMILES string of the molecule is FC(F)(F)CCCOCC1(CBr)CCOCC1. The van der Waals surface area contributed by atoms with Gasteiger partial charge in [-0.05, 0) is 19.3 Å². The van der Waals surface area contributed by atoms with Crippen LogP contribution in [0.1, 0.15) is 25.7 Å². The van der Waals surface area contributed by atoms with Gasteiger partial charge in [0.2, 0.25) is 0 Å². The van der Waals surface area contributed by atoms with Gasteiger partial charge in [-0.1, -0.05) is 15.9 Å². The van der Waals surface area contributed by atoms with Crippen molar-refractivity contribution in [1.82, 2.24) is 0 Å².